The maximum Gasteiger partial charge on any atom is 0.0809 e. The Hall–Kier alpha value is -0.500. The molecule has 0 aliphatic carbocycles. The lowest BCUT2D eigenvalue weighted by atomic mass is 10.7. The Bertz CT molecular complexity index is 103. The Morgan fingerprint density at radius 2 is 2.50 bits per heavy atom. The van der Waals surface area contributed by atoms with Gasteiger partial charge in [0.1, 0.15) is 0 Å². The molecular formula is C3H2ClN2. The van der Waals surface area contributed by atoms with Crippen molar-refractivity contribution in [2.75, 3.05) is 0 Å². The quantitative estimate of drug-likeness (QED) is 0.429. The zero-order valence-corrected chi connectivity index (χ0v) is 3.68. The van der Waals surface area contributed by atoms with E-state index in [1.54, 1.807) is 0 Å². The summed E-state index contributed by atoms with van der Waals surface area (Å²) in [6.45, 7) is 0. The van der Waals surface area contributed by atoms with Crippen LogP contribution in [0.4, 0.5) is 0 Å². The predicted molar refractivity (Wildman–Crippen MR) is 24.6 cm³/mol. The Labute approximate surface area is 40.5 Å². The summed E-state index contributed by atoms with van der Waals surface area (Å²) >= 11 is 5.33. The van der Waals surface area contributed by atoms with E-state index in [4.69, 9.17) is 11.6 Å². The van der Waals surface area contributed by atoms with Crippen LogP contribution in [0.3, 0.4) is 0 Å². The van der Waals surface area contributed by atoms with Crippen molar-refractivity contribution in [2.45, 2.75) is 0 Å². The summed E-state index contributed by atoms with van der Waals surface area (Å²) in [5.41, 5.74) is 3.44. The van der Waals surface area contributed by atoms with Crippen molar-refractivity contribution < 1.29 is 0 Å². The van der Waals surface area contributed by atoms with Crippen molar-refractivity contribution in [1.82, 2.24) is 5.43 Å². The van der Waals surface area contributed by atoms with Gasteiger partial charge in [0, 0.05) is 0 Å². The molecule has 0 saturated heterocycles. The molecule has 6 heavy (non-hydrogen) atoms. The molecule has 0 aromatic carbocycles. The van der Waals surface area contributed by atoms with E-state index in [1.807, 2.05) is 0 Å². The molecule has 1 radical (unpaired) electrons. The van der Waals surface area contributed by atoms with Crippen LogP contribution < -0.4 is 5.43 Å². The number of halogens is 1. The molecule has 1 rings (SSSR count). The van der Waals surface area contributed by atoms with Crippen molar-refractivity contribution in [2.24, 2.45) is 5.10 Å². The molecule has 0 aromatic heterocycles. The number of nitrogens with zero attached hydrogens (tertiary/aromatic N) is 2. The monoisotopic (exact) mass is 101 g/mol. The van der Waals surface area contributed by atoms with Gasteiger partial charge in [-0.2, -0.15) is 10.5 Å². The van der Waals surface area contributed by atoms with Crippen LogP contribution in [0, 0.1) is 0 Å². The maximum atomic E-state index is 5.33. The Morgan fingerprint density at radius 1 is 1.67 bits per heavy atom. The van der Waals surface area contributed by atoms with Crippen LogP contribution in [0.25, 0.3) is 0 Å². The largest absolute Gasteiger partial charge is 0.157 e. The molecule has 0 spiro atoms. The van der Waals surface area contributed by atoms with Crippen molar-refractivity contribution in [3.8, 4) is 0 Å². The highest BCUT2D eigenvalue weighted by atomic mass is 35.5. The third-order valence-corrected chi connectivity index (χ3v) is 0.624. The average Bonchev–Trinajstić information content (AvgIpc) is 1.86. The highest BCUT2D eigenvalue weighted by Gasteiger charge is 1.89. The third kappa shape index (κ3) is 0.518. The lowest BCUT2D eigenvalue weighted by Gasteiger charge is -1.64. The van der Waals surface area contributed by atoms with E-state index in [-0.39, 0.29) is 0 Å². The Kier molecular flexibility index (Phi) is 0.801. The van der Waals surface area contributed by atoms with Crippen LogP contribution in [-0.4, -0.2) is 6.21 Å². The standard InChI is InChI=1S/C3H2ClN2/c4-3-1-5-6-2-3/h1-2H. The van der Waals surface area contributed by atoms with Gasteiger partial charge in [-0.1, -0.05) is 11.6 Å². The fourth-order valence-corrected chi connectivity index (χ4v) is 0.298. The minimum absolute atomic E-state index is 0.593. The summed E-state index contributed by atoms with van der Waals surface area (Å²) in [6, 6.07) is 0. The first-order valence-corrected chi connectivity index (χ1v) is 1.86. The fraction of sp³-hybridized carbons (Fsp3) is 0. The second kappa shape index (κ2) is 1.30. The summed E-state index contributed by atoms with van der Waals surface area (Å²) in [5, 5.41) is 4.03. The van der Waals surface area contributed by atoms with Gasteiger partial charge >= 0.3 is 0 Å². The van der Waals surface area contributed by atoms with Gasteiger partial charge in [0.05, 0.1) is 17.4 Å². The fourth-order valence-electron chi connectivity index (χ4n) is 0.210. The van der Waals surface area contributed by atoms with Gasteiger partial charge in [-0.05, 0) is 0 Å². The van der Waals surface area contributed by atoms with E-state index in [1.165, 1.54) is 12.4 Å². The molecular weight excluding hydrogens is 99.5 g/mol. The molecule has 31 valence electrons. The van der Waals surface area contributed by atoms with E-state index in [0.717, 1.165) is 0 Å². The van der Waals surface area contributed by atoms with Crippen molar-refractivity contribution in [1.29, 1.82) is 0 Å². The first-order valence-electron chi connectivity index (χ1n) is 1.48. The van der Waals surface area contributed by atoms with Gasteiger partial charge in [-0.25, -0.2) is 0 Å². The second-order valence-corrected chi connectivity index (χ2v) is 1.31. The second-order valence-electron chi connectivity index (χ2n) is 0.874. The molecule has 1 heterocycles. The number of hydrogen-bond donors (Lipinski definition) is 0. The van der Waals surface area contributed by atoms with Gasteiger partial charge in [0.2, 0.25) is 0 Å². The third-order valence-electron chi connectivity index (χ3n) is 0.429. The van der Waals surface area contributed by atoms with E-state index >= 15 is 0 Å². The number of hydrogen-bond acceptors (Lipinski definition) is 1. The smallest absolute Gasteiger partial charge is 0.0809 e. The highest BCUT2D eigenvalue weighted by Crippen LogP contribution is 1.98. The van der Waals surface area contributed by atoms with Gasteiger partial charge in [-0.3, -0.25) is 0 Å². The molecule has 2 nitrogen and oxygen atoms in total. The molecule has 0 saturated carbocycles. The molecule has 0 aromatic rings. The molecule has 0 atom stereocenters. The normalized spacial score (nSPS) is 17.2. The summed E-state index contributed by atoms with van der Waals surface area (Å²) < 4.78 is 0. The summed E-state index contributed by atoms with van der Waals surface area (Å²) in [7, 11) is 0. The Morgan fingerprint density at radius 3 is 2.67 bits per heavy atom. The molecule has 0 N–H and O–H groups in total. The SMILES string of the molecule is ClC1=C[N]N=C1. The molecule has 0 bridgehead atoms. The van der Waals surface area contributed by atoms with E-state index in [9.17, 15) is 0 Å². The van der Waals surface area contributed by atoms with Crippen LogP contribution >= 0.6 is 11.6 Å². The van der Waals surface area contributed by atoms with Gasteiger partial charge in [0.15, 0.2) is 0 Å². The molecule has 1 aliphatic rings. The maximum absolute atomic E-state index is 5.33. The minimum atomic E-state index is 0.593. The molecule has 1 aliphatic heterocycles. The molecule has 0 unspecified atom stereocenters. The zero-order chi connectivity index (χ0) is 4.41. The van der Waals surface area contributed by atoms with E-state index in [0.29, 0.717) is 5.03 Å². The number of allylic oxidation sites excluding steroid dienone is 1. The first kappa shape index (κ1) is 3.68. The van der Waals surface area contributed by atoms with Crippen LogP contribution in [-0.2, 0) is 0 Å². The number of rotatable bonds is 0. The summed E-state index contributed by atoms with van der Waals surface area (Å²) in [4.78, 5) is 0. The van der Waals surface area contributed by atoms with E-state index in [2.05, 4.69) is 10.5 Å². The van der Waals surface area contributed by atoms with Gasteiger partial charge < -0.3 is 0 Å². The molecule has 0 amide bonds. The zero-order valence-electron chi connectivity index (χ0n) is 2.93. The minimum Gasteiger partial charge on any atom is -0.157 e. The predicted octanol–water partition coefficient (Wildman–Crippen LogP) is 0.670. The average molecular weight is 102 g/mol. The highest BCUT2D eigenvalue weighted by molar-refractivity contribution is 6.39. The van der Waals surface area contributed by atoms with Crippen molar-refractivity contribution >= 4 is 17.8 Å². The topological polar surface area (TPSA) is 26.5 Å². The van der Waals surface area contributed by atoms with Crippen LogP contribution in [0.2, 0.25) is 0 Å². The lowest BCUT2D eigenvalue weighted by Crippen LogP contribution is -1.69. The van der Waals surface area contributed by atoms with E-state index < -0.39 is 0 Å². The lowest BCUT2D eigenvalue weighted by molar-refractivity contribution is 0.976. The van der Waals surface area contributed by atoms with Gasteiger partial charge in [-0.15, -0.1) is 0 Å². The molecule has 3 heteroatoms. The molecule has 0 fully saturated rings. The summed E-state index contributed by atoms with van der Waals surface area (Å²) in [6.07, 6.45) is 2.98. The Balaban J connectivity index is 2.68. The first-order chi connectivity index (χ1) is 2.89. The van der Waals surface area contributed by atoms with Crippen molar-refractivity contribution in [3.05, 3.63) is 11.2 Å². The van der Waals surface area contributed by atoms with Crippen LogP contribution in [0.15, 0.2) is 16.3 Å². The van der Waals surface area contributed by atoms with Gasteiger partial charge in [0.25, 0.3) is 0 Å². The van der Waals surface area contributed by atoms with Crippen molar-refractivity contribution in [3.63, 3.8) is 0 Å². The van der Waals surface area contributed by atoms with Crippen LogP contribution in [0.1, 0.15) is 0 Å². The van der Waals surface area contributed by atoms with Crippen LogP contribution in [0.5, 0.6) is 0 Å². The summed E-state index contributed by atoms with van der Waals surface area (Å²) in [5.74, 6) is 0.